The highest BCUT2D eigenvalue weighted by Gasteiger charge is 2.30. The van der Waals surface area contributed by atoms with Crippen LogP contribution in [0.2, 0.25) is 0 Å². The Morgan fingerprint density at radius 1 is 1.19 bits per heavy atom. The zero-order chi connectivity index (χ0) is 17.5. The second kappa shape index (κ2) is 6.37. The predicted octanol–water partition coefficient (Wildman–Crippen LogP) is 4.36. The van der Waals surface area contributed by atoms with E-state index in [0.29, 0.717) is 6.04 Å². The van der Waals surface area contributed by atoms with Crippen molar-refractivity contribution in [3.05, 3.63) is 59.4 Å². The number of aromatic nitrogens is 4. The molecule has 4 aromatic rings. The summed E-state index contributed by atoms with van der Waals surface area (Å²) >= 11 is 1.84. The van der Waals surface area contributed by atoms with E-state index in [2.05, 4.69) is 63.1 Å². The number of imidazole rings is 1. The monoisotopic (exact) mass is 363 g/mol. The van der Waals surface area contributed by atoms with Gasteiger partial charge in [0.15, 0.2) is 0 Å². The second-order valence-corrected chi connectivity index (χ2v) is 8.05. The molecule has 1 fully saturated rings. The van der Waals surface area contributed by atoms with Crippen molar-refractivity contribution in [2.45, 2.75) is 25.4 Å². The van der Waals surface area contributed by atoms with Gasteiger partial charge in [-0.3, -0.25) is 10.00 Å². The topological polar surface area (TPSA) is 49.7 Å². The molecular formula is C20H21N5S. The quantitative estimate of drug-likeness (QED) is 0.586. The van der Waals surface area contributed by atoms with Crippen molar-refractivity contribution in [1.82, 2.24) is 24.6 Å². The summed E-state index contributed by atoms with van der Waals surface area (Å²) in [5, 5.41) is 7.10. The highest BCUT2D eigenvalue weighted by atomic mass is 32.1. The molecule has 1 aliphatic rings. The van der Waals surface area contributed by atoms with Crippen LogP contribution >= 0.6 is 11.3 Å². The number of rotatable bonds is 4. The molecule has 26 heavy (non-hydrogen) atoms. The zero-order valence-electron chi connectivity index (χ0n) is 14.7. The first-order chi connectivity index (χ1) is 12.8. The number of H-pyrrole nitrogens is 1. The maximum atomic E-state index is 4.94. The van der Waals surface area contributed by atoms with E-state index in [0.717, 1.165) is 24.3 Å². The molecule has 1 aliphatic heterocycles. The Kier molecular flexibility index (Phi) is 3.87. The van der Waals surface area contributed by atoms with Gasteiger partial charge in [0.05, 0.1) is 27.6 Å². The smallest absolute Gasteiger partial charge is 0.127 e. The lowest BCUT2D eigenvalue weighted by molar-refractivity contribution is 0.239. The van der Waals surface area contributed by atoms with Gasteiger partial charge in [0.25, 0.3) is 0 Å². The van der Waals surface area contributed by atoms with Gasteiger partial charge >= 0.3 is 0 Å². The lowest BCUT2D eigenvalue weighted by atomic mass is 10.2. The van der Waals surface area contributed by atoms with Gasteiger partial charge in [-0.15, -0.1) is 11.3 Å². The third-order valence-electron chi connectivity index (χ3n) is 5.27. The Balaban J connectivity index is 1.41. The van der Waals surface area contributed by atoms with E-state index in [1.807, 2.05) is 17.4 Å². The summed E-state index contributed by atoms with van der Waals surface area (Å²) in [4.78, 5) is 10.2. The van der Waals surface area contributed by atoms with Gasteiger partial charge in [-0.05, 0) is 49.7 Å². The number of likely N-dealkylation sites (tertiary alicyclic amines) is 1. The van der Waals surface area contributed by atoms with Gasteiger partial charge in [0, 0.05) is 24.7 Å². The highest BCUT2D eigenvalue weighted by Crippen LogP contribution is 2.36. The van der Waals surface area contributed by atoms with Crippen molar-refractivity contribution in [3.63, 3.8) is 0 Å². The Morgan fingerprint density at radius 3 is 2.96 bits per heavy atom. The molecule has 0 amide bonds. The number of nitrogens with zero attached hydrogens (tertiary/aromatic N) is 4. The van der Waals surface area contributed by atoms with Crippen LogP contribution in [0.15, 0.2) is 48.7 Å². The Labute approximate surface area is 156 Å². The molecule has 0 bridgehead atoms. The first-order valence-corrected chi connectivity index (χ1v) is 9.85. The van der Waals surface area contributed by atoms with Gasteiger partial charge < -0.3 is 4.57 Å². The van der Waals surface area contributed by atoms with Crippen molar-refractivity contribution in [2.75, 3.05) is 6.54 Å². The normalized spacial score (nSPS) is 18.1. The van der Waals surface area contributed by atoms with Crippen molar-refractivity contribution >= 4 is 22.4 Å². The van der Waals surface area contributed by atoms with Gasteiger partial charge in [-0.2, -0.15) is 5.10 Å². The molecule has 1 aromatic carbocycles. The van der Waals surface area contributed by atoms with E-state index in [4.69, 9.17) is 4.98 Å². The van der Waals surface area contributed by atoms with E-state index >= 15 is 0 Å². The SMILES string of the molecule is Cn1c(C2CCCN2Cc2ccc(-c3ccn[nH]3)s2)nc2ccccc21. The molecule has 1 N–H and O–H groups in total. The molecular weight excluding hydrogens is 342 g/mol. The third-order valence-corrected chi connectivity index (χ3v) is 6.37. The van der Waals surface area contributed by atoms with Gasteiger partial charge in [0.1, 0.15) is 5.82 Å². The molecule has 4 heterocycles. The van der Waals surface area contributed by atoms with Crippen LogP contribution in [0.25, 0.3) is 21.6 Å². The fraction of sp³-hybridized carbons (Fsp3) is 0.300. The summed E-state index contributed by atoms with van der Waals surface area (Å²) in [5.41, 5.74) is 3.40. The van der Waals surface area contributed by atoms with E-state index in [-0.39, 0.29) is 0 Å². The average Bonchev–Trinajstić information content (AvgIpc) is 3.42. The summed E-state index contributed by atoms with van der Waals surface area (Å²) in [6.07, 6.45) is 4.21. The lowest BCUT2D eigenvalue weighted by Gasteiger charge is -2.23. The summed E-state index contributed by atoms with van der Waals surface area (Å²) in [5.74, 6) is 1.19. The minimum Gasteiger partial charge on any atom is -0.330 e. The lowest BCUT2D eigenvalue weighted by Crippen LogP contribution is -2.24. The van der Waals surface area contributed by atoms with E-state index < -0.39 is 0 Å². The molecule has 1 atom stereocenters. The van der Waals surface area contributed by atoms with Crippen LogP contribution < -0.4 is 0 Å². The van der Waals surface area contributed by atoms with E-state index in [9.17, 15) is 0 Å². The van der Waals surface area contributed by atoms with Crippen molar-refractivity contribution in [3.8, 4) is 10.6 Å². The summed E-state index contributed by atoms with van der Waals surface area (Å²) in [6.45, 7) is 2.11. The number of hydrogen-bond acceptors (Lipinski definition) is 4. The van der Waals surface area contributed by atoms with Crippen LogP contribution in [0.3, 0.4) is 0 Å². The Hall–Kier alpha value is -2.44. The third kappa shape index (κ3) is 2.66. The zero-order valence-corrected chi connectivity index (χ0v) is 15.5. The number of thiophene rings is 1. The number of aromatic amines is 1. The predicted molar refractivity (Wildman–Crippen MR) is 105 cm³/mol. The van der Waals surface area contributed by atoms with E-state index in [1.54, 1.807) is 6.20 Å². The Bertz CT molecular complexity index is 1030. The summed E-state index contributed by atoms with van der Waals surface area (Å²) in [7, 11) is 2.14. The molecule has 0 spiro atoms. The summed E-state index contributed by atoms with van der Waals surface area (Å²) < 4.78 is 2.27. The number of nitrogens with one attached hydrogen (secondary N) is 1. The van der Waals surface area contributed by atoms with Crippen LogP contribution in [0, 0.1) is 0 Å². The molecule has 5 nitrogen and oxygen atoms in total. The highest BCUT2D eigenvalue weighted by molar-refractivity contribution is 7.15. The molecule has 6 heteroatoms. The molecule has 0 aliphatic carbocycles. The van der Waals surface area contributed by atoms with Gasteiger partial charge in [-0.25, -0.2) is 4.98 Å². The maximum absolute atomic E-state index is 4.94. The number of hydrogen-bond donors (Lipinski definition) is 1. The van der Waals surface area contributed by atoms with Crippen molar-refractivity contribution in [2.24, 2.45) is 7.05 Å². The van der Waals surface area contributed by atoms with Crippen molar-refractivity contribution in [1.29, 1.82) is 0 Å². The maximum Gasteiger partial charge on any atom is 0.127 e. The van der Waals surface area contributed by atoms with Crippen molar-refractivity contribution < 1.29 is 0 Å². The minimum atomic E-state index is 0.394. The van der Waals surface area contributed by atoms with Crippen LogP contribution in [0.1, 0.15) is 29.6 Å². The van der Waals surface area contributed by atoms with Crippen LogP contribution in [0.4, 0.5) is 0 Å². The molecule has 0 saturated carbocycles. The first-order valence-electron chi connectivity index (χ1n) is 9.03. The first kappa shape index (κ1) is 15.8. The standard InChI is InChI=1S/C20H21N5S/c1-24-17-6-3-2-5-15(17)22-20(24)18-7-4-12-25(18)13-14-8-9-19(26-14)16-10-11-21-23-16/h2-3,5-6,8-11,18H,4,7,12-13H2,1H3,(H,21,23). The second-order valence-electron chi connectivity index (χ2n) is 6.88. The fourth-order valence-electron chi connectivity index (χ4n) is 3.97. The van der Waals surface area contributed by atoms with Crippen LogP contribution in [-0.4, -0.2) is 31.2 Å². The summed E-state index contributed by atoms with van der Waals surface area (Å²) in [6, 6.07) is 15.3. The van der Waals surface area contributed by atoms with E-state index in [1.165, 1.54) is 33.9 Å². The number of para-hydroxylation sites is 2. The largest absolute Gasteiger partial charge is 0.330 e. The minimum absolute atomic E-state index is 0.394. The molecule has 1 saturated heterocycles. The van der Waals surface area contributed by atoms with Gasteiger partial charge in [-0.1, -0.05) is 12.1 Å². The molecule has 132 valence electrons. The Morgan fingerprint density at radius 2 is 2.12 bits per heavy atom. The van der Waals surface area contributed by atoms with Crippen LogP contribution in [-0.2, 0) is 13.6 Å². The van der Waals surface area contributed by atoms with Crippen LogP contribution in [0.5, 0.6) is 0 Å². The molecule has 3 aromatic heterocycles. The number of fused-ring (bicyclic) bond motifs is 1. The molecule has 5 rings (SSSR count). The fourth-order valence-corrected chi connectivity index (χ4v) is 4.98. The van der Waals surface area contributed by atoms with Gasteiger partial charge in [0.2, 0.25) is 0 Å². The average molecular weight is 363 g/mol. The molecule has 0 radical (unpaired) electrons. The molecule has 1 unspecified atom stereocenters. The number of benzene rings is 1. The number of aryl methyl sites for hydroxylation is 1.